The second-order valence-corrected chi connectivity index (χ2v) is 17.7. The normalized spacial score (nSPS) is 14.2. The highest BCUT2D eigenvalue weighted by Gasteiger charge is 2.36. The average molecular weight is 670 g/mol. The zero-order chi connectivity index (χ0) is 34.7. The van der Waals surface area contributed by atoms with Crippen LogP contribution in [0.1, 0.15) is 77.6 Å². The summed E-state index contributed by atoms with van der Waals surface area (Å²) in [6.07, 6.45) is 0. The Labute approximate surface area is 299 Å². The Hall–Kier alpha value is -4.86. The van der Waals surface area contributed by atoms with Crippen molar-refractivity contribution >= 4 is 70.5 Å². The molecule has 0 saturated carbocycles. The van der Waals surface area contributed by atoms with Crippen LogP contribution in [0.15, 0.2) is 120 Å². The summed E-state index contributed by atoms with van der Waals surface area (Å²) >= 11 is 1.87. The minimum atomic E-state index is -0.119. The van der Waals surface area contributed by atoms with E-state index in [1.807, 2.05) is 11.3 Å². The standard InChI is InChI=1S/C47H43NOS/c1-45(2,3)28-25-35(46(4,5)6)43-39(26-28)49-38-20-13-18-37(44(38)43)48(36-19-14-22-41-42(36)32-16-10-12-21-40(32)50-41)29-23-24-31-30-15-9-11-17-33(30)47(7,8)34(31)27-29/h9-27H,1-8H3. The number of nitrogens with zero attached hydrogens (tertiary/aromatic N) is 1. The quantitative estimate of drug-likeness (QED) is 0.186. The molecule has 0 spiro atoms. The first-order valence-electron chi connectivity index (χ1n) is 17.8. The van der Waals surface area contributed by atoms with Gasteiger partial charge in [-0.3, -0.25) is 0 Å². The van der Waals surface area contributed by atoms with E-state index in [-0.39, 0.29) is 16.2 Å². The molecular weight excluding hydrogens is 627 g/mol. The Morgan fingerprint density at radius 1 is 0.560 bits per heavy atom. The van der Waals surface area contributed by atoms with Gasteiger partial charge in [0.25, 0.3) is 0 Å². The fourth-order valence-corrected chi connectivity index (χ4v) is 9.45. The predicted octanol–water partition coefficient (Wildman–Crippen LogP) is 14.3. The van der Waals surface area contributed by atoms with Gasteiger partial charge in [-0.1, -0.05) is 122 Å². The fraction of sp³-hybridized carbons (Fsp3) is 0.234. The average Bonchev–Trinajstić information content (AvgIpc) is 3.72. The fourth-order valence-electron chi connectivity index (χ4n) is 8.32. The third kappa shape index (κ3) is 4.52. The zero-order valence-corrected chi connectivity index (χ0v) is 31.0. The molecule has 0 fully saturated rings. The first kappa shape index (κ1) is 31.1. The monoisotopic (exact) mass is 669 g/mol. The Balaban J connectivity index is 1.40. The number of fused-ring (bicyclic) bond motifs is 9. The molecule has 8 aromatic rings. The lowest BCUT2D eigenvalue weighted by atomic mass is 9.78. The molecule has 0 N–H and O–H groups in total. The van der Waals surface area contributed by atoms with Crippen molar-refractivity contribution in [2.24, 2.45) is 0 Å². The minimum Gasteiger partial charge on any atom is -0.456 e. The van der Waals surface area contributed by atoms with Crippen LogP contribution in [0.2, 0.25) is 0 Å². The van der Waals surface area contributed by atoms with Gasteiger partial charge in [-0.05, 0) is 92.7 Å². The van der Waals surface area contributed by atoms with Crippen LogP contribution in [0.5, 0.6) is 0 Å². The van der Waals surface area contributed by atoms with E-state index in [0.29, 0.717) is 0 Å². The van der Waals surface area contributed by atoms with Crippen LogP contribution >= 0.6 is 11.3 Å². The van der Waals surface area contributed by atoms with Gasteiger partial charge in [0.15, 0.2) is 0 Å². The van der Waals surface area contributed by atoms with Crippen molar-refractivity contribution in [3.05, 3.63) is 138 Å². The summed E-state index contributed by atoms with van der Waals surface area (Å²) in [6, 6.07) is 43.0. The van der Waals surface area contributed by atoms with Crippen LogP contribution < -0.4 is 4.90 Å². The Morgan fingerprint density at radius 2 is 1.24 bits per heavy atom. The molecule has 0 radical (unpaired) electrons. The molecule has 1 aliphatic carbocycles. The van der Waals surface area contributed by atoms with Gasteiger partial charge in [0.1, 0.15) is 11.2 Å². The molecular formula is C47H43NOS. The van der Waals surface area contributed by atoms with Crippen LogP contribution in [0.3, 0.4) is 0 Å². The number of furan rings is 1. The summed E-state index contributed by atoms with van der Waals surface area (Å²) in [5.74, 6) is 0. The van der Waals surface area contributed by atoms with E-state index >= 15 is 0 Å². The summed E-state index contributed by atoms with van der Waals surface area (Å²) in [5.41, 5.74) is 13.1. The van der Waals surface area contributed by atoms with Gasteiger partial charge < -0.3 is 9.32 Å². The number of hydrogen-bond acceptors (Lipinski definition) is 3. The predicted molar refractivity (Wildman–Crippen MR) is 216 cm³/mol. The lowest BCUT2D eigenvalue weighted by molar-refractivity contribution is 0.569. The first-order chi connectivity index (χ1) is 23.8. The Kier molecular flexibility index (Phi) is 6.59. The molecule has 0 atom stereocenters. The number of hydrogen-bond donors (Lipinski definition) is 0. The maximum Gasteiger partial charge on any atom is 0.137 e. The molecule has 9 rings (SSSR count). The van der Waals surface area contributed by atoms with Gasteiger partial charge in [0.2, 0.25) is 0 Å². The lowest BCUT2D eigenvalue weighted by Gasteiger charge is -2.30. The minimum absolute atomic E-state index is 0.00746. The molecule has 1 aliphatic rings. The molecule has 2 heterocycles. The van der Waals surface area contributed by atoms with Gasteiger partial charge in [0.05, 0.1) is 16.8 Å². The SMILES string of the molecule is CC(C)(C)c1cc(C(C)(C)C)c2c(c1)oc1cccc(N(c3ccc4c(c3)C(C)(C)c3ccccc3-4)c3cccc4sc5ccccc5c34)c12. The van der Waals surface area contributed by atoms with Crippen molar-refractivity contribution in [3.8, 4) is 11.1 Å². The van der Waals surface area contributed by atoms with Gasteiger partial charge in [-0.25, -0.2) is 0 Å². The second kappa shape index (κ2) is 10.6. The largest absolute Gasteiger partial charge is 0.456 e. The summed E-state index contributed by atoms with van der Waals surface area (Å²) < 4.78 is 9.45. The lowest BCUT2D eigenvalue weighted by Crippen LogP contribution is -2.17. The van der Waals surface area contributed by atoms with Crippen molar-refractivity contribution in [2.75, 3.05) is 4.90 Å². The highest BCUT2D eigenvalue weighted by atomic mass is 32.1. The van der Waals surface area contributed by atoms with E-state index in [4.69, 9.17) is 4.42 Å². The first-order valence-corrected chi connectivity index (χ1v) is 18.6. The van der Waals surface area contributed by atoms with Crippen molar-refractivity contribution in [1.82, 2.24) is 0 Å². The molecule has 0 amide bonds. The maximum atomic E-state index is 6.85. The third-order valence-electron chi connectivity index (χ3n) is 10.9. The molecule has 248 valence electrons. The molecule has 2 nitrogen and oxygen atoms in total. The van der Waals surface area contributed by atoms with Crippen LogP contribution in [0, 0.1) is 0 Å². The summed E-state index contributed by atoms with van der Waals surface area (Å²) in [4.78, 5) is 2.52. The highest BCUT2D eigenvalue weighted by molar-refractivity contribution is 7.26. The molecule has 50 heavy (non-hydrogen) atoms. The van der Waals surface area contributed by atoms with Crippen LogP contribution in [-0.2, 0) is 16.2 Å². The van der Waals surface area contributed by atoms with E-state index in [9.17, 15) is 0 Å². The Morgan fingerprint density at radius 3 is 2.02 bits per heavy atom. The topological polar surface area (TPSA) is 16.4 Å². The molecule has 6 aromatic carbocycles. The van der Waals surface area contributed by atoms with Crippen molar-refractivity contribution in [1.29, 1.82) is 0 Å². The van der Waals surface area contributed by atoms with Crippen molar-refractivity contribution in [3.63, 3.8) is 0 Å². The van der Waals surface area contributed by atoms with E-state index in [1.165, 1.54) is 64.6 Å². The number of anilines is 3. The van der Waals surface area contributed by atoms with E-state index in [2.05, 4.69) is 176 Å². The highest BCUT2D eigenvalue weighted by Crippen LogP contribution is 2.53. The molecule has 0 saturated heterocycles. The van der Waals surface area contributed by atoms with E-state index in [1.54, 1.807) is 0 Å². The third-order valence-corrected chi connectivity index (χ3v) is 12.1. The van der Waals surface area contributed by atoms with Gasteiger partial charge in [-0.2, -0.15) is 0 Å². The summed E-state index contributed by atoms with van der Waals surface area (Å²) in [5, 5.41) is 4.94. The molecule has 2 aromatic heterocycles. The molecule has 0 bridgehead atoms. The number of benzene rings is 6. The zero-order valence-electron chi connectivity index (χ0n) is 30.2. The number of thiophene rings is 1. The summed E-state index contributed by atoms with van der Waals surface area (Å²) in [6.45, 7) is 18.6. The smallest absolute Gasteiger partial charge is 0.137 e. The van der Waals surface area contributed by atoms with Crippen LogP contribution in [0.25, 0.3) is 53.2 Å². The molecule has 0 aliphatic heterocycles. The van der Waals surface area contributed by atoms with Gasteiger partial charge in [-0.15, -0.1) is 11.3 Å². The maximum absolute atomic E-state index is 6.85. The van der Waals surface area contributed by atoms with Crippen LogP contribution in [-0.4, -0.2) is 0 Å². The van der Waals surface area contributed by atoms with Gasteiger partial charge in [0, 0.05) is 36.7 Å². The number of rotatable bonds is 3. The second-order valence-electron chi connectivity index (χ2n) is 16.6. The van der Waals surface area contributed by atoms with Gasteiger partial charge >= 0.3 is 0 Å². The summed E-state index contributed by atoms with van der Waals surface area (Å²) in [7, 11) is 0. The molecule has 3 heteroatoms. The molecule has 0 unspecified atom stereocenters. The van der Waals surface area contributed by atoms with Crippen molar-refractivity contribution in [2.45, 2.75) is 71.6 Å². The Bertz CT molecular complexity index is 2650. The van der Waals surface area contributed by atoms with Crippen LogP contribution in [0.4, 0.5) is 17.1 Å². The van der Waals surface area contributed by atoms with Crippen molar-refractivity contribution < 1.29 is 4.42 Å². The van der Waals surface area contributed by atoms with E-state index in [0.717, 1.165) is 27.9 Å². The van der Waals surface area contributed by atoms with E-state index < -0.39 is 0 Å².